The number of benzene rings is 2. The molecule has 0 atom stereocenters. The lowest BCUT2D eigenvalue weighted by Gasteiger charge is -2.12. The van der Waals surface area contributed by atoms with E-state index in [-0.39, 0.29) is 23.5 Å². The van der Waals surface area contributed by atoms with Gasteiger partial charge in [0, 0.05) is 36.4 Å². The molecule has 39 heavy (non-hydrogen) atoms. The second-order valence-corrected chi connectivity index (χ2v) is 8.67. The van der Waals surface area contributed by atoms with E-state index in [1.807, 2.05) is 16.7 Å². The largest absolute Gasteiger partial charge is 0.421 e. The van der Waals surface area contributed by atoms with Crippen LogP contribution >= 0.6 is 0 Å². The monoisotopic (exact) mass is 519 g/mol. The molecule has 0 aliphatic rings. The van der Waals surface area contributed by atoms with Gasteiger partial charge in [-0.15, -0.1) is 0 Å². The third kappa shape index (κ3) is 4.65. The Morgan fingerprint density at radius 3 is 2.59 bits per heavy atom. The molecule has 10 heteroatoms. The molecular weight excluding hydrogens is 497 g/mol. The summed E-state index contributed by atoms with van der Waals surface area (Å²) in [5.41, 5.74) is 11.0. The molecule has 0 unspecified atom stereocenters. The first-order valence-electron chi connectivity index (χ1n) is 11.8. The molecule has 2 aromatic carbocycles. The van der Waals surface area contributed by atoms with E-state index in [4.69, 9.17) is 10.5 Å². The first kappa shape index (κ1) is 25.1. The van der Waals surface area contributed by atoms with Gasteiger partial charge in [-0.2, -0.15) is 5.26 Å². The summed E-state index contributed by atoms with van der Waals surface area (Å²) < 4.78 is 22.8. The SMILES string of the molecule is C=CC(=O)Nc1ccc(-c2c(-c3ccc(Oc4nccc(C)n4)c(F)c3)c3c(N)ncc(C#N)c3n2C)cc1. The number of rotatable bonds is 6. The van der Waals surface area contributed by atoms with E-state index in [2.05, 4.69) is 32.9 Å². The molecule has 3 heterocycles. The number of nitrogens with zero attached hydrogens (tertiary/aromatic N) is 5. The molecule has 0 saturated carbocycles. The van der Waals surface area contributed by atoms with E-state index in [1.54, 1.807) is 38.2 Å². The number of aryl methyl sites for hydroxylation is 2. The first-order chi connectivity index (χ1) is 18.8. The maximum absolute atomic E-state index is 15.4. The van der Waals surface area contributed by atoms with Crippen LogP contribution < -0.4 is 15.8 Å². The zero-order chi connectivity index (χ0) is 27.7. The molecule has 0 saturated heterocycles. The zero-order valence-electron chi connectivity index (χ0n) is 21.1. The maximum Gasteiger partial charge on any atom is 0.322 e. The lowest BCUT2D eigenvalue weighted by atomic mass is 9.97. The van der Waals surface area contributed by atoms with Crippen molar-refractivity contribution in [2.75, 3.05) is 11.1 Å². The van der Waals surface area contributed by atoms with Crippen molar-refractivity contribution in [2.45, 2.75) is 6.92 Å². The molecule has 5 aromatic rings. The number of nitrogen functional groups attached to an aromatic ring is 1. The van der Waals surface area contributed by atoms with Crippen LogP contribution in [0.4, 0.5) is 15.9 Å². The number of halogens is 1. The van der Waals surface area contributed by atoms with Crippen LogP contribution in [0.2, 0.25) is 0 Å². The summed E-state index contributed by atoms with van der Waals surface area (Å²) in [7, 11) is 1.80. The van der Waals surface area contributed by atoms with Gasteiger partial charge in [-0.05, 0) is 54.5 Å². The molecule has 0 radical (unpaired) electrons. The number of amides is 1. The van der Waals surface area contributed by atoms with Gasteiger partial charge in [0.25, 0.3) is 0 Å². The van der Waals surface area contributed by atoms with Gasteiger partial charge < -0.3 is 20.4 Å². The number of hydrogen-bond acceptors (Lipinski definition) is 7. The summed E-state index contributed by atoms with van der Waals surface area (Å²) in [6.07, 6.45) is 4.13. The van der Waals surface area contributed by atoms with Crippen LogP contribution in [0, 0.1) is 24.1 Å². The number of hydrogen-bond donors (Lipinski definition) is 2. The molecule has 0 fully saturated rings. The highest BCUT2D eigenvalue weighted by Crippen LogP contribution is 2.44. The Balaban J connectivity index is 1.69. The summed E-state index contributed by atoms with van der Waals surface area (Å²) >= 11 is 0. The normalized spacial score (nSPS) is 10.7. The molecule has 0 spiro atoms. The van der Waals surface area contributed by atoms with Gasteiger partial charge in [-0.25, -0.2) is 19.3 Å². The number of carbonyl (C=O) groups is 1. The Hall–Kier alpha value is -5.56. The minimum Gasteiger partial charge on any atom is -0.421 e. The average molecular weight is 520 g/mol. The summed E-state index contributed by atoms with van der Waals surface area (Å²) in [5.74, 6) is -0.813. The fraction of sp³-hybridized carbons (Fsp3) is 0.0690. The Labute approximate surface area is 223 Å². The molecule has 192 valence electrons. The quantitative estimate of drug-likeness (QED) is 0.283. The third-order valence-corrected chi connectivity index (χ3v) is 6.16. The molecule has 3 N–H and O–H groups in total. The van der Waals surface area contributed by atoms with Gasteiger partial charge in [-0.1, -0.05) is 24.8 Å². The van der Waals surface area contributed by atoms with E-state index < -0.39 is 5.82 Å². The molecule has 0 bridgehead atoms. The molecular formula is C29H22FN7O2. The topological polar surface area (TPSA) is 132 Å². The second kappa shape index (κ2) is 10.1. The first-order valence-corrected chi connectivity index (χ1v) is 11.8. The highest BCUT2D eigenvalue weighted by atomic mass is 19.1. The number of nitrogens with one attached hydrogen (secondary N) is 1. The lowest BCUT2D eigenvalue weighted by Crippen LogP contribution is -2.06. The minimum absolute atomic E-state index is 0.0308. The van der Waals surface area contributed by atoms with Crippen LogP contribution in [-0.4, -0.2) is 25.4 Å². The molecule has 3 aromatic heterocycles. The maximum atomic E-state index is 15.4. The van der Waals surface area contributed by atoms with E-state index in [0.717, 1.165) is 5.56 Å². The van der Waals surface area contributed by atoms with Crippen LogP contribution in [0.15, 0.2) is 73.6 Å². The van der Waals surface area contributed by atoms with Crippen molar-refractivity contribution in [3.63, 3.8) is 0 Å². The highest BCUT2D eigenvalue weighted by molar-refractivity contribution is 6.10. The number of nitriles is 1. The van der Waals surface area contributed by atoms with Crippen LogP contribution in [0.1, 0.15) is 11.3 Å². The number of anilines is 2. The summed E-state index contributed by atoms with van der Waals surface area (Å²) in [5, 5.41) is 13.0. The lowest BCUT2D eigenvalue weighted by molar-refractivity contribution is -0.111. The van der Waals surface area contributed by atoms with E-state index in [9.17, 15) is 10.1 Å². The predicted octanol–water partition coefficient (Wildman–Crippen LogP) is 5.52. The Morgan fingerprint density at radius 2 is 1.92 bits per heavy atom. The number of carbonyl (C=O) groups excluding carboxylic acids is 1. The molecule has 1 amide bonds. The van der Waals surface area contributed by atoms with Crippen molar-refractivity contribution in [1.82, 2.24) is 19.5 Å². The van der Waals surface area contributed by atoms with Crippen molar-refractivity contribution in [3.8, 4) is 40.2 Å². The zero-order valence-corrected chi connectivity index (χ0v) is 21.1. The summed E-state index contributed by atoms with van der Waals surface area (Å²) in [4.78, 5) is 24.1. The number of fused-ring (bicyclic) bond motifs is 1. The van der Waals surface area contributed by atoms with Crippen LogP contribution in [0.25, 0.3) is 33.3 Å². The molecule has 5 rings (SSSR count). The average Bonchev–Trinajstić information content (AvgIpc) is 3.24. The van der Waals surface area contributed by atoms with Gasteiger partial charge in [0.05, 0.1) is 22.2 Å². The standard InChI is InChI=1S/C29H22FN7O2/c1-4-23(38)36-20-8-5-17(6-9-20)26-24(25-27(37(26)3)19(14-31)15-34-28(25)32)18-7-10-22(21(30)13-18)39-29-33-12-11-16(2)35-29/h4-13,15H,1H2,2-3H3,(H2,32,34)(H,36,38). The van der Waals surface area contributed by atoms with Crippen molar-refractivity contribution < 1.29 is 13.9 Å². The van der Waals surface area contributed by atoms with Crippen LogP contribution in [0.3, 0.4) is 0 Å². The van der Waals surface area contributed by atoms with Crippen LogP contribution in [-0.2, 0) is 11.8 Å². The van der Waals surface area contributed by atoms with Gasteiger partial charge >= 0.3 is 6.01 Å². The van der Waals surface area contributed by atoms with Gasteiger partial charge in [0.15, 0.2) is 11.6 Å². The predicted molar refractivity (Wildman–Crippen MR) is 146 cm³/mol. The highest BCUT2D eigenvalue weighted by Gasteiger charge is 2.24. The number of pyridine rings is 1. The number of nitrogens with two attached hydrogens (primary N) is 1. The van der Waals surface area contributed by atoms with Gasteiger partial charge in [0.1, 0.15) is 11.9 Å². The van der Waals surface area contributed by atoms with E-state index in [0.29, 0.717) is 44.7 Å². The second-order valence-electron chi connectivity index (χ2n) is 8.67. The number of aromatic nitrogens is 4. The van der Waals surface area contributed by atoms with Crippen LogP contribution in [0.5, 0.6) is 11.8 Å². The third-order valence-electron chi connectivity index (χ3n) is 6.16. The minimum atomic E-state index is -0.633. The summed E-state index contributed by atoms with van der Waals surface area (Å²) in [6, 6.07) is 15.5. The van der Waals surface area contributed by atoms with Gasteiger partial charge in [-0.3, -0.25) is 4.79 Å². The fourth-order valence-corrected chi connectivity index (χ4v) is 4.43. The van der Waals surface area contributed by atoms with Gasteiger partial charge in [0.2, 0.25) is 5.91 Å². The fourth-order valence-electron chi connectivity index (χ4n) is 4.43. The van der Waals surface area contributed by atoms with Crippen molar-refractivity contribution in [1.29, 1.82) is 5.26 Å². The molecule has 0 aliphatic carbocycles. The number of ether oxygens (including phenoxy) is 1. The van der Waals surface area contributed by atoms with Crippen molar-refractivity contribution in [3.05, 3.63) is 90.7 Å². The Kier molecular flexibility index (Phi) is 6.48. The smallest absolute Gasteiger partial charge is 0.322 e. The Morgan fingerprint density at radius 1 is 1.18 bits per heavy atom. The van der Waals surface area contributed by atoms with E-state index in [1.165, 1.54) is 30.6 Å². The van der Waals surface area contributed by atoms with E-state index >= 15 is 4.39 Å². The Bertz CT molecular complexity index is 1800. The molecule has 9 nitrogen and oxygen atoms in total. The molecule has 0 aliphatic heterocycles. The van der Waals surface area contributed by atoms with Crippen molar-refractivity contribution in [2.24, 2.45) is 7.05 Å². The summed E-state index contributed by atoms with van der Waals surface area (Å²) in [6.45, 7) is 5.24. The van der Waals surface area contributed by atoms with Crippen molar-refractivity contribution >= 4 is 28.3 Å².